The van der Waals surface area contributed by atoms with E-state index in [1.807, 2.05) is 28.2 Å². The fourth-order valence-electron chi connectivity index (χ4n) is 1.19. The van der Waals surface area contributed by atoms with E-state index in [9.17, 15) is 14.4 Å². The normalized spacial score (nSPS) is 13.9. The Kier molecular flexibility index (Phi) is 5.80. The minimum absolute atomic E-state index is 0.0190. The number of rotatable bonds is 0. The topological polar surface area (TPSA) is 105 Å². The second-order valence-corrected chi connectivity index (χ2v) is 4.02. The summed E-state index contributed by atoms with van der Waals surface area (Å²) in [7, 11) is 7.40. The second kappa shape index (κ2) is 6.58. The number of carboxylic acid groups (broad SMARTS) is 1. The van der Waals surface area contributed by atoms with Gasteiger partial charge in [0.2, 0.25) is 11.8 Å². The van der Waals surface area contributed by atoms with Gasteiger partial charge in [-0.1, -0.05) is 0 Å². The van der Waals surface area contributed by atoms with E-state index in [4.69, 9.17) is 10.5 Å². The number of imide groups is 3. The third-order valence-corrected chi connectivity index (χ3v) is 2.09. The van der Waals surface area contributed by atoms with E-state index in [0.29, 0.717) is 5.96 Å². The van der Waals surface area contributed by atoms with Gasteiger partial charge in [-0.05, 0) is 0 Å². The van der Waals surface area contributed by atoms with Crippen LogP contribution < -0.4 is 0 Å². The van der Waals surface area contributed by atoms with Crippen LogP contribution in [0.3, 0.4) is 0 Å². The molecule has 0 aromatic rings. The summed E-state index contributed by atoms with van der Waals surface area (Å²) in [6.45, 7) is 0. The smallest absolute Gasteiger partial charge is 0.421 e. The molecule has 0 atom stereocenters. The number of guanidine groups is 1. The molecule has 1 saturated heterocycles. The molecule has 1 fully saturated rings. The van der Waals surface area contributed by atoms with Gasteiger partial charge in [-0.15, -0.1) is 0 Å². The number of carbonyl (C=O) groups excluding carboxylic acids is 2. The average Bonchev–Trinajstić information content (AvgIpc) is 2.57. The molecule has 1 heterocycles. The van der Waals surface area contributed by atoms with Crippen LogP contribution in [0.1, 0.15) is 12.8 Å². The van der Waals surface area contributed by atoms with Crippen LogP contribution in [-0.4, -0.2) is 71.9 Å². The molecular weight excluding hydrogens is 240 g/mol. The van der Waals surface area contributed by atoms with Crippen molar-refractivity contribution >= 4 is 23.9 Å². The molecule has 0 spiro atoms. The van der Waals surface area contributed by atoms with Crippen LogP contribution in [0.25, 0.3) is 0 Å². The van der Waals surface area contributed by atoms with Gasteiger partial charge >= 0.3 is 6.09 Å². The van der Waals surface area contributed by atoms with Gasteiger partial charge in [0.05, 0.1) is 0 Å². The molecule has 8 nitrogen and oxygen atoms in total. The summed E-state index contributed by atoms with van der Waals surface area (Å²) in [6.07, 6.45) is -1.44. The Morgan fingerprint density at radius 2 is 1.44 bits per heavy atom. The first-order chi connectivity index (χ1) is 8.18. The molecule has 0 unspecified atom stereocenters. The standard InChI is InChI=1S/C5H13N3.C5H5NO4/c1-7(2)5(6)8(3)4;7-3-1-2-4(8)6(3)5(9)10/h6H,1-4H3;1-2H2,(H,9,10). The van der Waals surface area contributed by atoms with Gasteiger partial charge in [0.15, 0.2) is 5.96 Å². The van der Waals surface area contributed by atoms with Gasteiger partial charge in [-0.25, -0.2) is 4.79 Å². The Labute approximate surface area is 105 Å². The average molecular weight is 258 g/mol. The molecule has 3 amide bonds. The zero-order valence-electron chi connectivity index (χ0n) is 10.9. The van der Waals surface area contributed by atoms with E-state index >= 15 is 0 Å². The van der Waals surface area contributed by atoms with Crippen molar-refractivity contribution in [2.75, 3.05) is 28.2 Å². The highest BCUT2D eigenvalue weighted by molar-refractivity contribution is 6.12. The Bertz CT molecular complexity index is 339. The molecule has 0 bridgehead atoms. The number of nitrogens with zero attached hydrogens (tertiary/aromatic N) is 3. The predicted molar refractivity (Wildman–Crippen MR) is 64.2 cm³/mol. The molecule has 0 radical (unpaired) electrons. The van der Waals surface area contributed by atoms with Gasteiger partial charge in [-0.2, -0.15) is 4.90 Å². The molecule has 8 heteroatoms. The van der Waals surface area contributed by atoms with Crippen molar-refractivity contribution in [1.82, 2.24) is 14.7 Å². The van der Waals surface area contributed by atoms with Crippen LogP contribution in [0.2, 0.25) is 0 Å². The highest BCUT2D eigenvalue weighted by Crippen LogP contribution is 2.10. The van der Waals surface area contributed by atoms with Crippen molar-refractivity contribution in [1.29, 1.82) is 5.41 Å². The highest BCUT2D eigenvalue weighted by Gasteiger charge is 2.33. The number of hydrogen-bond acceptors (Lipinski definition) is 4. The van der Waals surface area contributed by atoms with Crippen molar-refractivity contribution in [2.45, 2.75) is 12.8 Å². The largest absolute Gasteiger partial charge is 0.464 e. The lowest BCUT2D eigenvalue weighted by atomic mass is 10.4. The van der Waals surface area contributed by atoms with Gasteiger partial charge < -0.3 is 14.9 Å². The summed E-state index contributed by atoms with van der Waals surface area (Å²) in [5, 5.41) is 15.5. The summed E-state index contributed by atoms with van der Waals surface area (Å²) in [4.78, 5) is 35.0. The fraction of sp³-hybridized carbons (Fsp3) is 0.600. The van der Waals surface area contributed by atoms with E-state index in [2.05, 4.69) is 0 Å². The van der Waals surface area contributed by atoms with E-state index in [-0.39, 0.29) is 17.7 Å². The molecule has 0 aromatic heterocycles. The van der Waals surface area contributed by atoms with Crippen LogP contribution in [0.5, 0.6) is 0 Å². The van der Waals surface area contributed by atoms with E-state index in [0.717, 1.165) is 0 Å². The van der Waals surface area contributed by atoms with Crippen molar-refractivity contribution in [3.8, 4) is 0 Å². The third-order valence-electron chi connectivity index (χ3n) is 2.09. The summed E-state index contributed by atoms with van der Waals surface area (Å²) < 4.78 is 0. The maximum absolute atomic E-state index is 10.6. The highest BCUT2D eigenvalue weighted by atomic mass is 16.4. The molecule has 1 aliphatic rings. The van der Waals surface area contributed by atoms with Gasteiger partial charge in [0, 0.05) is 41.0 Å². The van der Waals surface area contributed by atoms with Crippen molar-refractivity contribution < 1.29 is 19.5 Å². The first-order valence-corrected chi connectivity index (χ1v) is 5.20. The Balaban J connectivity index is 0.000000331. The predicted octanol–water partition coefficient (Wildman–Crippen LogP) is -0.142. The molecule has 0 saturated carbocycles. The zero-order chi connectivity index (χ0) is 14.5. The Morgan fingerprint density at radius 3 is 1.56 bits per heavy atom. The quantitative estimate of drug-likeness (QED) is 0.356. The van der Waals surface area contributed by atoms with E-state index in [1.54, 1.807) is 9.80 Å². The van der Waals surface area contributed by atoms with Crippen LogP contribution in [-0.2, 0) is 9.59 Å². The first kappa shape index (κ1) is 15.9. The molecular formula is C10H18N4O4. The SMILES string of the molecule is CN(C)C(=N)N(C)C.O=C(O)N1C(=O)CCC1=O. The summed E-state index contributed by atoms with van der Waals surface area (Å²) in [6, 6.07) is 0. The molecule has 2 N–H and O–H groups in total. The number of carbonyl (C=O) groups is 3. The molecule has 0 aliphatic carbocycles. The van der Waals surface area contributed by atoms with Crippen molar-refractivity contribution in [3.05, 3.63) is 0 Å². The number of nitrogens with one attached hydrogen (secondary N) is 1. The van der Waals surface area contributed by atoms with E-state index in [1.165, 1.54) is 0 Å². The van der Waals surface area contributed by atoms with Crippen molar-refractivity contribution in [3.63, 3.8) is 0 Å². The Hall–Kier alpha value is -2.12. The number of amides is 3. The van der Waals surface area contributed by atoms with Gasteiger partial charge in [0.25, 0.3) is 0 Å². The van der Waals surface area contributed by atoms with Crippen LogP contribution in [0.4, 0.5) is 4.79 Å². The fourth-order valence-corrected chi connectivity index (χ4v) is 1.19. The first-order valence-electron chi connectivity index (χ1n) is 5.20. The lowest BCUT2D eigenvalue weighted by Crippen LogP contribution is -2.34. The number of hydrogen-bond donors (Lipinski definition) is 2. The lowest BCUT2D eigenvalue weighted by Gasteiger charge is -2.19. The summed E-state index contributed by atoms with van der Waals surface area (Å²) in [5.74, 6) is -0.736. The van der Waals surface area contributed by atoms with Gasteiger partial charge in [0.1, 0.15) is 0 Å². The minimum atomic E-state index is -1.48. The monoisotopic (exact) mass is 258 g/mol. The Morgan fingerprint density at radius 1 is 1.11 bits per heavy atom. The van der Waals surface area contributed by atoms with Gasteiger partial charge in [-0.3, -0.25) is 15.0 Å². The maximum Gasteiger partial charge on any atom is 0.421 e. The summed E-state index contributed by atoms with van der Waals surface area (Å²) >= 11 is 0. The third kappa shape index (κ3) is 4.40. The molecule has 18 heavy (non-hydrogen) atoms. The zero-order valence-corrected chi connectivity index (χ0v) is 10.9. The number of likely N-dealkylation sites (tertiary alicyclic amines) is 1. The van der Waals surface area contributed by atoms with Crippen LogP contribution in [0.15, 0.2) is 0 Å². The minimum Gasteiger partial charge on any atom is -0.464 e. The van der Waals surface area contributed by atoms with Crippen LogP contribution >= 0.6 is 0 Å². The molecule has 0 aromatic carbocycles. The molecule has 1 aliphatic heterocycles. The summed E-state index contributed by atoms with van der Waals surface area (Å²) in [5.41, 5.74) is 0. The maximum atomic E-state index is 10.6. The van der Waals surface area contributed by atoms with E-state index < -0.39 is 17.9 Å². The second-order valence-electron chi connectivity index (χ2n) is 4.02. The lowest BCUT2D eigenvalue weighted by molar-refractivity contribution is -0.135. The molecule has 102 valence electrons. The molecule has 1 rings (SSSR count). The van der Waals surface area contributed by atoms with Crippen molar-refractivity contribution in [2.24, 2.45) is 0 Å². The van der Waals surface area contributed by atoms with Crippen LogP contribution in [0, 0.1) is 5.41 Å².